The Kier molecular flexibility index (Phi) is 7.51. The molecular weight excluding hydrogens is 472 g/mol. The molecule has 35 heavy (non-hydrogen) atoms. The summed E-state index contributed by atoms with van der Waals surface area (Å²) >= 11 is 0. The van der Waals surface area contributed by atoms with Crippen molar-refractivity contribution in [3.8, 4) is 22.9 Å². The number of ether oxygens (including phenoxy) is 1. The third-order valence-corrected chi connectivity index (χ3v) is 7.08. The number of nitrogens with one attached hydrogen (secondary N) is 1. The molecule has 5 rings (SSSR count). The second-order valence-electron chi connectivity index (χ2n) is 7.37. The van der Waals surface area contributed by atoms with Gasteiger partial charge in [-0.1, -0.05) is 0 Å². The van der Waals surface area contributed by atoms with E-state index in [1.165, 1.54) is 9.79 Å². The number of rotatable bonds is 6. The van der Waals surface area contributed by atoms with Crippen LogP contribution in [0.25, 0.3) is 11.4 Å². The van der Waals surface area contributed by atoms with Gasteiger partial charge in [-0.3, -0.25) is 10.0 Å². The summed E-state index contributed by atoms with van der Waals surface area (Å²) in [5.41, 5.74) is 3.20. The molecule has 2 aromatic heterocycles. The van der Waals surface area contributed by atoms with Crippen LogP contribution in [0.1, 0.15) is 11.3 Å². The fourth-order valence-corrected chi connectivity index (χ4v) is 4.90. The molecule has 11 heteroatoms. The fourth-order valence-electron chi connectivity index (χ4n) is 3.50. The molecule has 2 aromatic carbocycles. The molecule has 0 saturated carbocycles. The van der Waals surface area contributed by atoms with E-state index in [1.54, 1.807) is 49.0 Å². The zero-order valence-electron chi connectivity index (χ0n) is 18.4. The quantitative estimate of drug-likeness (QED) is 0.237. The van der Waals surface area contributed by atoms with Crippen LogP contribution in [0.15, 0.2) is 88.6 Å². The van der Waals surface area contributed by atoms with Gasteiger partial charge in [-0.05, 0) is 72.6 Å². The van der Waals surface area contributed by atoms with Crippen molar-refractivity contribution in [1.82, 2.24) is 19.8 Å². The highest BCUT2D eigenvalue weighted by Gasteiger charge is 2.29. The number of fused-ring (bicyclic) bond motifs is 1. The predicted octanol–water partition coefficient (Wildman–Crippen LogP) is 3.40. The molecule has 0 unspecified atom stereocenters. The molecule has 0 saturated heterocycles. The van der Waals surface area contributed by atoms with Gasteiger partial charge < -0.3 is 9.15 Å². The molecule has 2 N–H and O–H groups in total. The Morgan fingerprint density at radius 1 is 1.00 bits per heavy atom. The van der Waals surface area contributed by atoms with Gasteiger partial charge in [-0.2, -0.15) is 4.31 Å². The predicted molar refractivity (Wildman–Crippen MR) is 125 cm³/mol. The van der Waals surface area contributed by atoms with Gasteiger partial charge in [0, 0.05) is 24.5 Å². The van der Waals surface area contributed by atoms with Crippen LogP contribution in [0.2, 0.25) is 0 Å². The number of furan rings is 1. The smallest absolute Gasteiger partial charge is 0.243 e. The van der Waals surface area contributed by atoms with Crippen molar-refractivity contribution in [2.24, 2.45) is 0 Å². The van der Waals surface area contributed by atoms with E-state index in [2.05, 4.69) is 9.97 Å². The standard InChI is InChI=1S/C23H19N3O4S.CH3NO2/c27-31(28,26-14-10-17-11-15-29-22(17)16-26)21-8-6-20(7-9-21)30-19-4-2-18(3-5-19)23-24-12-1-13-25-23;3-1-2-4/h1-9,11-13,15H,10,14,16H2;1,4H,(H,2,3). The number of carbonyl (C=O) groups is 1. The highest BCUT2D eigenvalue weighted by molar-refractivity contribution is 7.89. The summed E-state index contributed by atoms with van der Waals surface area (Å²) in [5.74, 6) is 2.54. The minimum absolute atomic E-state index is 0.181. The van der Waals surface area contributed by atoms with Crippen molar-refractivity contribution in [1.29, 1.82) is 0 Å². The number of hydroxylamine groups is 1. The first kappa shape index (κ1) is 24.1. The number of hydrogen-bond donors (Lipinski definition) is 2. The maximum Gasteiger partial charge on any atom is 0.243 e. The fraction of sp³-hybridized carbons (Fsp3) is 0.125. The largest absolute Gasteiger partial charge is 0.468 e. The number of sulfonamides is 1. The van der Waals surface area contributed by atoms with Crippen LogP contribution >= 0.6 is 0 Å². The molecule has 0 spiro atoms. The van der Waals surface area contributed by atoms with Crippen LogP contribution in [0, 0.1) is 0 Å². The van der Waals surface area contributed by atoms with E-state index < -0.39 is 10.0 Å². The average Bonchev–Trinajstić information content (AvgIpc) is 3.38. The third-order valence-electron chi connectivity index (χ3n) is 5.22. The Morgan fingerprint density at radius 3 is 2.26 bits per heavy atom. The van der Waals surface area contributed by atoms with E-state index in [4.69, 9.17) is 19.2 Å². The van der Waals surface area contributed by atoms with Crippen molar-refractivity contribution in [3.05, 3.63) is 90.6 Å². The van der Waals surface area contributed by atoms with Gasteiger partial charge in [-0.25, -0.2) is 23.9 Å². The summed E-state index contributed by atoms with van der Waals surface area (Å²) in [5, 5.41) is 7.26. The van der Waals surface area contributed by atoms with E-state index in [0.717, 1.165) is 11.1 Å². The number of benzene rings is 2. The summed E-state index contributed by atoms with van der Waals surface area (Å²) in [6, 6.07) is 17.5. The lowest BCUT2D eigenvalue weighted by Crippen LogP contribution is -2.35. The minimum Gasteiger partial charge on any atom is -0.468 e. The van der Waals surface area contributed by atoms with Gasteiger partial charge in [0.15, 0.2) is 5.82 Å². The van der Waals surface area contributed by atoms with E-state index in [1.807, 2.05) is 30.3 Å². The molecule has 0 aliphatic carbocycles. The number of hydrogen-bond acceptors (Lipinski definition) is 8. The van der Waals surface area contributed by atoms with Crippen molar-refractivity contribution < 1.29 is 27.6 Å². The lowest BCUT2D eigenvalue weighted by Gasteiger charge is -2.25. The van der Waals surface area contributed by atoms with Gasteiger partial charge in [0.2, 0.25) is 16.4 Å². The van der Waals surface area contributed by atoms with Gasteiger partial charge in [0.05, 0.1) is 17.7 Å². The Labute approximate surface area is 201 Å². The Balaban J connectivity index is 0.000000672. The molecule has 0 bridgehead atoms. The average molecular weight is 495 g/mol. The van der Waals surface area contributed by atoms with E-state index in [-0.39, 0.29) is 17.9 Å². The normalized spacial score (nSPS) is 13.2. The maximum atomic E-state index is 13.0. The zero-order chi connectivity index (χ0) is 24.7. The minimum atomic E-state index is -3.60. The number of carbonyl (C=O) groups excluding carboxylic acids is 1. The molecule has 0 fully saturated rings. The molecule has 1 amide bonds. The number of nitrogens with zero attached hydrogens (tertiary/aromatic N) is 3. The maximum absolute atomic E-state index is 13.0. The van der Waals surface area contributed by atoms with Crippen LogP contribution in [-0.4, -0.2) is 40.9 Å². The number of aromatic nitrogens is 2. The highest BCUT2D eigenvalue weighted by Crippen LogP contribution is 2.28. The third kappa shape index (κ3) is 5.72. The van der Waals surface area contributed by atoms with Crippen LogP contribution in [0.5, 0.6) is 11.5 Å². The molecule has 3 heterocycles. The lowest BCUT2D eigenvalue weighted by molar-refractivity contribution is -0.116. The van der Waals surface area contributed by atoms with Crippen LogP contribution in [-0.2, 0) is 27.8 Å². The lowest BCUT2D eigenvalue weighted by atomic mass is 10.1. The van der Waals surface area contributed by atoms with Crippen molar-refractivity contribution >= 4 is 16.4 Å². The Hall–Kier alpha value is -4.06. The second-order valence-corrected chi connectivity index (χ2v) is 9.31. The summed E-state index contributed by atoms with van der Waals surface area (Å²) < 4.78 is 38.7. The Morgan fingerprint density at radius 2 is 1.63 bits per heavy atom. The zero-order valence-corrected chi connectivity index (χ0v) is 19.3. The SMILES string of the molecule is O=CNO.O=S(=O)(c1ccc(Oc2ccc(-c3ncccn3)cc2)cc1)N1CCc2ccoc2C1. The van der Waals surface area contributed by atoms with Gasteiger partial charge in [-0.15, -0.1) is 0 Å². The van der Waals surface area contributed by atoms with Crippen molar-refractivity contribution in [2.75, 3.05) is 6.54 Å². The summed E-state index contributed by atoms with van der Waals surface area (Å²) in [6.45, 7) is 0.686. The highest BCUT2D eigenvalue weighted by atomic mass is 32.2. The molecule has 10 nitrogen and oxygen atoms in total. The van der Waals surface area contributed by atoms with Crippen molar-refractivity contribution in [3.63, 3.8) is 0 Å². The molecule has 4 aromatic rings. The molecule has 1 aliphatic heterocycles. The first-order chi connectivity index (χ1) is 17.0. The van der Waals surface area contributed by atoms with Crippen LogP contribution in [0.4, 0.5) is 0 Å². The van der Waals surface area contributed by atoms with Crippen LogP contribution < -0.4 is 10.2 Å². The monoisotopic (exact) mass is 494 g/mol. The van der Waals surface area contributed by atoms with E-state index in [9.17, 15) is 8.42 Å². The van der Waals surface area contributed by atoms with E-state index in [0.29, 0.717) is 36.0 Å². The van der Waals surface area contributed by atoms with Gasteiger partial charge >= 0.3 is 0 Å². The molecule has 0 radical (unpaired) electrons. The Bertz CT molecular complexity index is 1360. The molecule has 180 valence electrons. The summed E-state index contributed by atoms with van der Waals surface area (Å²) in [6.07, 6.45) is 5.82. The van der Waals surface area contributed by atoms with Crippen LogP contribution in [0.3, 0.4) is 0 Å². The second kappa shape index (κ2) is 10.9. The number of amides is 1. The molecular formula is C24H22N4O6S. The summed E-state index contributed by atoms with van der Waals surface area (Å²) in [4.78, 5) is 17.5. The van der Waals surface area contributed by atoms with Gasteiger partial charge in [0.1, 0.15) is 17.3 Å². The molecule has 1 aliphatic rings. The topological polar surface area (TPSA) is 135 Å². The summed E-state index contributed by atoms with van der Waals surface area (Å²) in [7, 11) is -3.60. The van der Waals surface area contributed by atoms with Gasteiger partial charge in [0.25, 0.3) is 0 Å². The van der Waals surface area contributed by atoms with Crippen molar-refractivity contribution in [2.45, 2.75) is 17.9 Å². The van der Waals surface area contributed by atoms with E-state index >= 15 is 0 Å². The molecule has 0 atom stereocenters. The first-order valence-corrected chi connectivity index (χ1v) is 12.0. The first-order valence-electron chi connectivity index (χ1n) is 10.6.